The summed E-state index contributed by atoms with van der Waals surface area (Å²) in [6.45, 7) is 1.44. The van der Waals surface area contributed by atoms with Gasteiger partial charge in [-0.05, 0) is 29.7 Å². The number of rotatable bonds is 10. The Hall–Kier alpha value is -2.95. The molecule has 4 heteroatoms. The van der Waals surface area contributed by atoms with E-state index in [2.05, 4.69) is 34.5 Å². The summed E-state index contributed by atoms with van der Waals surface area (Å²) in [4.78, 5) is 14.8. The lowest BCUT2D eigenvalue weighted by Gasteiger charge is -2.32. The molecule has 0 radical (unpaired) electrons. The molecule has 0 saturated heterocycles. The van der Waals surface area contributed by atoms with E-state index in [1.54, 1.807) is 0 Å². The Bertz CT molecular complexity index is 814. The number of aliphatic hydroxyl groups is 1. The summed E-state index contributed by atoms with van der Waals surface area (Å²) in [5.41, 5.74) is 3.17. The maximum atomic E-state index is 12.5. The van der Waals surface area contributed by atoms with E-state index in [1.165, 1.54) is 11.1 Å². The maximum absolute atomic E-state index is 12.5. The van der Waals surface area contributed by atoms with E-state index in [0.717, 1.165) is 5.69 Å². The first-order valence-corrected chi connectivity index (χ1v) is 10.1. The predicted molar refractivity (Wildman–Crippen MR) is 118 cm³/mol. The maximum Gasteiger partial charge on any atom is 0.225 e. The SMILES string of the molecule is O=C(CCN(CCCO)C(c1ccccc1)c1ccccc1)Nc1ccccc1. The molecule has 0 aliphatic rings. The van der Waals surface area contributed by atoms with Gasteiger partial charge >= 0.3 is 0 Å². The van der Waals surface area contributed by atoms with Crippen LogP contribution in [0.4, 0.5) is 5.69 Å². The van der Waals surface area contributed by atoms with E-state index in [-0.39, 0.29) is 18.6 Å². The van der Waals surface area contributed by atoms with Gasteiger partial charge in [-0.3, -0.25) is 9.69 Å². The topological polar surface area (TPSA) is 52.6 Å². The number of anilines is 1. The molecule has 3 aromatic carbocycles. The van der Waals surface area contributed by atoms with Crippen molar-refractivity contribution in [2.45, 2.75) is 18.9 Å². The van der Waals surface area contributed by atoms with Crippen molar-refractivity contribution in [3.63, 3.8) is 0 Å². The summed E-state index contributed by atoms with van der Waals surface area (Å²) in [6, 6.07) is 30.2. The van der Waals surface area contributed by atoms with Gasteiger partial charge in [-0.25, -0.2) is 0 Å². The minimum Gasteiger partial charge on any atom is -0.396 e. The average molecular weight is 389 g/mol. The molecule has 1 amide bonds. The highest BCUT2D eigenvalue weighted by Crippen LogP contribution is 2.29. The smallest absolute Gasteiger partial charge is 0.225 e. The van der Waals surface area contributed by atoms with Crippen LogP contribution in [0, 0.1) is 0 Å². The zero-order valence-corrected chi connectivity index (χ0v) is 16.6. The summed E-state index contributed by atoms with van der Waals surface area (Å²) < 4.78 is 0. The zero-order valence-electron chi connectivity index (χ0n) is 16.6. The molecular formula is C25H28N2O2. The van der Waals surface area contributed by atoms with Crippen LogP contribution in [0.15, 0.2) is 91.0 Å². The van der Waals surface area contributed by atoms with E-state index in [1.807, 2.05) is 66.7 Å². The monoisotopic (exact) mass is 388 g/mol. The number of hydrogen-bond donors (Lipinski definition) is 2. The summed E-state index contributed by atoms with van der Waals surface area (Å²) in [6.07, 6.45) is 1.05. The Labute approximate surface area is 172 Å². The van der Waals surface area contributed by atoms with Crippen molar-refractivity contribution in [1.82, 2.24) is 4.90 Å². The first kappa shape index (κ1) is 20.8. The molecule has 0 unspecified atom stereocenters. The van der Waals surface area contributed by atoms with Crippen LogP contribution >= 0.6 is 0 Å². The van der Waals surface area contributed by atoms with Crippen molar-refractivity contribution in [2.75, 3.05) is 25.0 Å². The predicted octanol–water partition coefficient (Wildman–Crippen LogP) is 4.49. The van der Waals surface area contributed by atoms with E-state index >= 15 is 0 Å². The third kappa shape index (κ3) is 6.28. The molecule has 150 valence electrons. The van der Waals surface area contributed by atoms with Crippen LogP contribution in [0.2, 0.25) is 0 Å². The largest absolute Gasteiger partial charge is 0.396 e. The second-order valence-electron chi connectivity index (χ2n) is 7.00. The molecule has 0 aromatic heterocycles. The van der Waals surface area contributed by atoms with Crippen molar-refractivity contribution in [3.05, 3.63) is 102 Å². The van der Waals surface area contributed by atoms with Gasteiger partial charge in [0.15, 0.2) is 0 Å². The van der Waals surface area contributed by atoms with Crippen LogP contribution in [0.25, 0.3) is 0 Å². The Morgan fingerprint density at radius 3 is 1.83 bits per heavy atom. The molecule has 3 rings (SSSR count). The van der Waals surface area contributed by atoms with Gasteiger partial charge < -0.3 is 10.4 Å². The van der Waals surface area contributed by atoms with Crippen molar-refractivity contribution in [3.8, 4) is 0 Å². The lowest BCUT2D eigenvalue weighted by Crippen LogP contribution is -2.34. The first-order chi connectivity index (χ1) is 14.3. The van der Waals surface area contributed by atoms with E-state index in [0.29, 0.717) is 25.9 Å². The Kier molecular flexibility index (Phi) is 7.99. The summed E-state index contributed by atoms with van der Waals surface area (Å²) >= 11 is 0. The minimum atomic E-state index is -0.00919. The lowest BCUT2D eigenvalue weighted by atomic mass is 9.96. The third-order valence-electron chi connectivity index (χ3n) is 4.88. The Morgan fingerprint density at radius 1 is 0.793 bits per heavy atom. The van der Waals surface area contributed by atoms with Crippen LogP contribution < -0.4 is 5.32 Å². The number of hydrogen-bond acceptors (Lipinski definition) is 3. The van der Waals surface area contributed by atoms with Crippen LogP contribution in [0.5, 0.6) is 0 Å². The molecule has 0 saturated carbocycles. The average Bonchev–Trinajstić information content (AvgIpc) is 2.77. The van der Waals surface area contributed by atoms with Crippen molar-refractivity contribution in [1.29, 1.82) is 0 Å². The lowest BCUT2D eigenvalue weighted by molar-refractivity contribution is -0.116. The third-order valence-corrected chi connectivity index (χ3v) is 4.88. The van der Waals surface area contributed by atoms with Crippen molar-refractivity contribution in [2.24, 2.45) is 0 Å². The molecular weight excluding hydrogens is 360 g/mol. The van der Waals surface area contributed by atoms with Gasteiger partial charge in [0.05, 0.1) is 6.04 Å². The fraction of sp³-hybridized carbons (Fsp3) is 0.240. The molecule has 2 N–H and O–H groups in total. The number of carbonyl (C=O) groups excluding carboxylic acids is 1. The first-order valence-electron chi connectivity index (χ1n) is 10.1. The van der Waals surface area contributed by atoms with Gasteiger partial charge in [-0.1, -0.05) is 78.9 Å². The molecule has 0 spiro atoms. The molecule has 0 fully saturated rings. The highest BCUT2D eigenvalue weighted by atomic mass is 16.3. The molecule has 29 heavy (non-hydrogen) atoms. The van der Waals surface area contributed by atoms with Gasteiger partial charge in [-0.15, -0.1) is 0 Å². The van der Waals surface area contributed by atoms with E-state index in [9.17, 15) is 9.90 Å². The normalized spacial score (nSPS) is 11.0. The molecule has 0 bridgehead atoms. The van der Waals surface area contributed by atoms with E-state index in [4.69, 9.17) is 0 Å². The summed E-state index contributed by atoms with van der Waals surface area (Å²) in [5.74, 6) is -0.00919. The van der Waals surface area contributed by atoms with Gasteiger partial charge in [0.2, 0.25) is 5.91 Å². The fourth-order valence-electron chi connectivity index (χ4n) is 3.52. The van der Waals surface area contributed by atoms with Gasteiger partial charge in [0, 0.05) is 31.8 Å². The molecule has 0 atom stereocenters. The highest BCUT2D eigenvalue weighted by molar-refractivity contribution is 5.90. The number of benzene rings is 3. The van der Waals surface area contributed by atoms with E-state index < -0.39 is 0 Å². The zero-order chi connectivity index (χ0) is 20.3. The molecule has 0 heterocycles. The second-order valence-corrected chi connectivity index (χ2v) is 7.00. The molecule has 0 aliphatic carbocycles. The fourth-order valence-corrected chi connectivity index (χ4v) is 3.52. The standard InChI is InChI=1S/C25H28N2O2/c28-20-10-18-27(19-17-24(29)26-23-15-8-3-9-16-23)25(21-11-4-1-5-12-21)22-13-6-2-7-14-22/h1-9,11-16,25,28H,10,17-20H2,(H,26,29). The second kappa shape index (κ2) is 11.1. The number of para-hydroxylation sites is 1. The van der Waals surface area contributed by atoms with Crippen molar-refractivity contribution < 1.29 is 9.90 Å². The van der Waals surface area contributed by atoms with Crippen molar-refractivity contribution >= 4 is 11.6 Å². The quantitative estimate of drug-likeness (QED) is 0.538. The summed E-state index contributed by atoms with van der Waals surface area (Å²) in [7, 11) is 0. The molecule has 0 aliphatic heterocycles. The summed E-state index contributed by atoms with van der Waals surface area (Å²) in [5, 5.41) is 12.4. The highest BCUT2D eigenvalue weighted by Gasteiger charge is 2.22. The van der Waals surface area contributed by atoms with Gasteiger partial charge in [-0.2, -0.15) is 0 Å². The van der Waals surface area contributed by atoms with Crippen LogP contribution in [0.1, 0.15) is 30.0 Å². The number of amides is 1. The van der Waals surface area contributed by atoms with Crippen LogP contribution in [0.3, 0.4) is 0 Å². The van der Waals surface area contributed by atoms with Crippen LogP contribution in [-0.2, 0) is 4.79 Å². The van der Waals surface area contributed by atoms with Crippen LogP contribution in [-0.4, -0.2) is 35.6 Å². The molecule has 3 aromatic rings. The minimum absolute atomic E-state index is 0.00919. The number of nitrogens with zero attached hydrogens (tertiary/aromatic N) is 1. The Balaban J connectivity index is 1.77. The van der Waals surface area contributed by atoms with Gasteiger partial charge in [0.1, 0.15) is 0 Å². The number of nitrogens with one attached hydrogen (secondary N) is 1. The Morgan fingerprint density at radius 2 is 1.31 bits per heavy atom. The van der Waals surface area contributed by atoms with Gasteiger partial charge in [0.25, 0.3) is 0 Å². The number of carbonyl (C=O) groups is 1. The molecule has 4 nitrogen and oxygen atoms in total. The number of aliphatic hydroxyl groups excluding tert-OH is 1.